The number of carbonyl (C=O) groups excluding carboxylic acids is 2. The lowest BCUT2D eigenvalue weighted by molar-refractivity contribution is -0.119. The van der Waals surface area contributed by atoms with Gasteiger partial charge in [0.15, 0.2) is 6.61 Å². The molecule has 0 bridgehead atoms. The fraction of sp³-hybridized carbons (Fsp3) is 0.0476. The van der Waals surface area contributed by atoms with Crippen LogP contribution in [-0.4, -0.2) is 33.4 Å². The molecule has 29 heavy (non-hydrogen) atoms. The SMILES string of the molecule is O=C(COC(=O)c1ccc2nc(-c3cccnc3)[nH]c2c1)Nc1ccccc1F. The minimum absolute atomic E-state index is 0.0235. The third-order valence-corrected chi connectivity index (χ3v) is 4.13. The molecule has 0 aliphatic rings. The number of amides is 1. The lowest BCUT2D eigenvalue weighted by Gasteiger charge is -2.07. The molecule has 0 radical (unpaired) electrons. The number of carbonyl (C=O) groups is 2. The molecule has 2 N–H and O–H groups in total. The van der Waals surface area contributed by atoms with Crippen LogP contribution in [0.4, 0.5) is 10.1 Å². The molecule has 2 aromatic carbocycles. The Balaban J connectivity index is 1.43. The van der Waals surface area contributed by atoms with Gasteiger partial charge >= 0.3 is 5.97 Å². The predicted octanol–water partition coefficient (Wildman–Crippen LogP) is 3.56. The second-order valence-electron chi connectivity index (χ2n) is 6.16. The smallest absolute Gasteiger partial charge is 0.338 e. The van der Waals surface area contributed by atoms with Gasteiger partial charge in [-0.1, -0.05) is 12.1 Å². The molecule has 4 aromatic rings. The highest BCUT2D eigenvalue weighted by Gasteiger charge is 2.14. The molecular weight excluding hydrogens is 375 g/mol. The zero-order chi connectivity index (χ0) is 20.2. The molecule has 0 spiro atoms. The highest BCUT2D eigenvalue weighted by molar-refractivity contribution is 5.97. The van der Waals surface area contributed by atoms with Crippen LogP contribution >= 0.6 is 0 Å². The average Bonchev–Trinajstić information content (AvgIpc) is 3.18. The Hall–Kier alpha value is -4.07. The largest absolute Gasteiger partial charge is 0.452 e. The zero-order valence-electron chi connectivity index (χ0n) is 15.1. The van der Waals surface area contributed by atoms with Gasteiger partial charge in [0.05, 0.1) is 22.3 Å². The number of esters is 1. The molecule has 144 valence electrons. The number of anilines is 1. The number of nitrogens with zero attached hydrogens (tertiary/aromatic N) is 2. The Labute approximate surface area is 164 Å². The van der Waals surface area contributed by atoms with E-state index in [2.05, 4.69) is 20.3 Å². The number of imidazole rings is 1. The molecule has 0 fully saturated rings. The summed E-state index contributed by atoms with van der Waals surface area (Å²) in [6, 6.07) is 14.3. The zero-order valence-corrected chi connectivity index (χ0v) is 15.1. The van der Waals surface area contributed by atoms with E-state index in [0.29, 0.717) is 16.9 Å². The third kappa shape index (κ3) is 4.11. The van der Waals surface area contributed by atoms with Gasteiger partial charge in [-0.2, -0.15) is 0 Å². The van der Waals surface area contributed by atoms with Gasteiger partial charge in [-0.05, 0) is 42.5 Å². The quantitative estimate of drug-likeness (QED) is 0.508. The number of hydrogen-bond acceptors (Lipinski definition) is 5. The molecule has 0 aliphatic carbocycles. The summed E-state index contributed by atoms with van der Waals surface area (Å²) in [4.78, 5) is 35.8. The fourth-order valence-electron chi connectivity index (χ4n) is 2.74. The van der Waals surface area contributed by atoms with E-state index in [1.807, 2.05) is 6.07 Å². The first kappa shape index (κ1) is 18.3. The summed E-state index contributed by atoms with van der Waals surface area (Å²) < 4.78 is 18.6. The van der Waals surface area contributed by atoms with Crippen molar-refractivity contribution in [2.24, 2.45) is 0 Å². The summed E-state index contributed by atoms with van der Waals surface area (Å²) in [5.41, 5.74) is 2.43. The van der Waals surface area contributed by atoms with Crippen molar-refractivity contribution in [2.45, 2.75) is 0 Å². The Morgan fingerprint density at radius 1 is 1.10 bits per heavy atom. The van der Waals surface area contributed by atoms with Gasteiger partial charge in [-0.25, -0.2) is 14.2 Å². The van der Waals surface area contributed by atoms with Crippen molar-refractivity contribution in [1.82, 2.24) is 15.0 Å². The van der Waals surface area contributed by atoms with Crippen LogP contribution in [0.1, 0.15) is 10.4 Å². The lowest BCUT2D eigenvalue weighted by Crippen LogP contribution is -2.21. The normalized spacial score (nSPS) is 10.7. The predicted molar refractivity (Wildman–Crippen MR) is 105 cm³/mol. The minimum atomic E-state index is -0.673. The van der Waals surface area contributed by atoms with Crippen molar-refractivity contribution in [1.29, 1.82) is 0 Å². The molecule has 8 heteroatoms. The highest BCUT2D eigenvalue weighted by atomic mass is 19.1. The van der Waals surface area contributed by atoms with Gasteiger partial charge in [-0.15, -0.1) is 0 Å². The number of pyridine rings is 1. The average molecular weight is 390 g/mol. The monoisotopic (exact) mass is 390 g/mol. The van der Waals surface area contributed by atoms with Crippen LogP contribution in [0.2, 0.25) is 0 Å². The summed E-state index contributed by atoms with van der Waals surface area (Å²) in [7, 11) is 0. The van der Waals surface area contributed by atoms with Gasteiger partial charge in [0, 0.05) is 18.0 Å². The van der Waals surface area contributed by atoms with E-state index in [4.69, 9.17) is 4.74 Å². The van der Waals surface area contributed by atoms with E-state index in [0.717, 1.165) is 5.56 Å². The standard InChI is InChI=1S/C21H15FN4O3/c22-15-5-1-2-6-16(15)24-19(27)12-29-21(28)13-7-8-17-18(10-13)26-20(25-17)14-4-3-9-23-11-14/h1-11H,12H2,(H,24,27)(H,25,26). The molecular formula is C21H15FN4O3. The molecule has 2 heterocycles. The van der Waals surface area contributed by atoms with E-state index in [9.17, 15) is 14.0 Å². The maximum absolute atomic E-state index is 13.6. The molecule has 1 amide bonds. The van der Waals surface area contributed by atoms with E-state index < -0.39 is 24.3 Å². The number of halogens is 1. The molecule has 2 aromatic heterocycles. The molecule has 7 nitrogen and oxygen atoms in total. The van der Waals surface area contributed by atoms with Crippen LogP contribution < -0.4 is 5.32 Å². The summed E-state index contributed by atoms with van der Waals surface area (Å²) >= 11 is 0. The number of nitrogens with one attached hydrogen (secondary N) is 2. The van der Waals surface area contributed by atoms with Crippen molar-refractivity contribution < 1.29 is 18.7 Å². The number of para-hydroxylation sites is 1. The first-order chi connectivity index (χ1) is 14.1. The summed E-state index contributed by atoms with van der Waals surface area (Å²) in [6.45, 7) is -0.533. The lowest BCUT2D eigenvalue weighted by atomic mass is 10.2. The summed E-state index contributed by atoms with van der Waals surface area (Å²) in [6.07, 6.45) is 3.35. The van der Waals surface area contributed by atoms with Gasteiger partial charge in [0.1, 0.15) is 11.6 Å². The van der Waals surface area contributed by atoms with Crippen molar-refractivity contribution in [2.75, 3.05) is 11.9 Å². The molecule has 0 unspecified atom stereocenters. The second kappa shape index (κ2) is 7.89. The van der Waals surface area contributed by atoms with Crippen LogP contribution in [0.5, 0.6) is 0 Å². The van der Waals surface area contributed by atoms with Crippen LogP contribution in [0, 0.1) is 5.82 Å². The Morgan fingerprint density at radius 2 is 1.97 bits per heavy atom. The van der Waals surface area contributed by atoms with E-state index in [1.165, 1.54) is 18.2 Å². The van der Waals surface area contributed by atoms with Crippen LogP contribution in [0.3, 0.4) is 0 Å². The maximum atomic E-state index is 13.6. The topological polar surface area (TPSA) is 97.0 Å². The summed E-state index contributed by atoms with van der Waals surface area (Å²) in [5, 5.41) is 2.35. The molecule has 0 saturated heterocycles. The van der Waals surface area contributed by atoms with E-state index >= 15 is 0 Å². The molecule has 0 saturated carbocycles. The van der Waals surface area contributed by atoms with Gasteiger partial charge in [0.2, 0.25) is 0 Å². The molecule has 0 atom stereocenters. The number of hydrogen-bond donors (Lipinski definition) is 2. The second-order valence-corrected chi connectivity index (χ2v) is 6.16. The van der Waals surface area contributed by atoms with Crippen molar-refractivity contribution >= 4 is 28.6 Å². The first-order valence-electron chi connectivity index (χ1n) is 8.72. The number of rotatable bonds is 5. The Morgan fingerprint density at radius 3 is 2.76 bits per heavy atom. The Bertz CT molecular complexity index is 1190. The summed E-state index contributed by atoms with van der Waals surface area (Å²) in [5.74, 6) is -1.25. The van der Waals surface area contributed by atoms with Gasteiger partial charge in [-0.3, -0.25) is 9.78 Å². The van der Waals surface area contributed by atoms with Crippen molar-refractivity contribution in [3.63, 3.8) is 0 Å². The van der Waals surface area contributed by atoms with Crippen LogP contribution in [0.15, 0.2) is 67.0 Å². The number of fused-ring (bicyclic) bond motifs is 1. The Kier molecular flexibility index (Phi) is 4.98. The molecule has 4 rings (SSSR count). The van der Waals surface area contributed by atoms with E-state index in [-0.39, 0.29) is 11.3 Å². The number of H-pyrrole nitrogens is 1. The van der Waals surface area contributed by atoms with Crippen molar-refractivity contribution in [3.8, 4) is 11.4 Å². The van der Waals surface area contributed by atoms with E-state index in [1.54, 1.807) is 42.7 Å². The third-order valence-electron chi connectivity index (χ3n) is 4.13. The van der Waals surface area contributed by atoms with Crippen LogP contribution in [0.25, 0.3) is 22.4 Å². The number of ether oxygens (including phenoxy) is 1. The first-order valence-corrected chi connectivity index (χ1v) is 8.72. The van der Waals surface area contributed by atoms with Gasteiger partial charge in [0.25, 0.3) is 5.91 Å². The van der Waals surface area contributed by atoms with Crippen molar-refractivity contribution in [3.05, 3.63) is 78.4 Å². The number of benzene rings is 2. The minimum Gasteiger partial charge on any atom is -0.452 e. The van der Waals surface area contributed by atoms with Crippen LogP contribution in [-0.2, 0) is 9.53 Å². The number of aromatic amines is 1. The fourth-order valence-corrected chi connectivity index (χ4v) is 2.74. The highest BCUT2D eigenvalue weighted by Crippen LogP contribution is 2.21. The molecule has 0 aliphatic heterocycles. The number of aromatic nitrogens is 3. The maximum Gasteiger partial charge on any atom is 0.338 e. The van der Waals surface area contributed by atoms with Gasteiger partial charge < -0.3 is 15.0 Å².